The fourth-order valence-electron chi connectivity index (χ4n) is 2.55. The molecular weight excluding hydrogens is 556 g/mol. The fourth-order valence-corrected chi connectivity index (χ4v) is 3.72. The zero-order valence-corrected chi connectivity index (χ0v) is 21.6. The van der Waals surface area contributed by atoms with Crippen molar-refractivity contribution >= 4 is 57.6 Å². The summed E-state index contributed by atoms with van der Waals surface area (Å²) in [4.78, 5) is 40.6. The van der Waals surface area contributed by atoms with E-state index < -0.39 is 34.6 Å². The van der Waals surface area contributed by atoms with Gasteiger partial charge in [-0.05, 0) is 18.9 Å². The number of aliphatic imine (C=N–C) groups is 1. The van der Waals surface area contributed by atoms with Crippen LogP contribution in [0.1, 0.15) is 35.1 Å². The maximum Gasteiger partial charge on any atom is 0.418 e. The number of thioether (sulfide) groups is 1. The smallest absolute Gasteiger partial charge is 0.395 e. The molecule has 0 saturated heterocycles. The highest BCUT2D eigenvalue weighted by Crippen LogP contribution is 2.35. The predicted octanol–water partition coefficient (Wildman–Crippen LogP) is 3.96. The molecule has 0 aliphatic heterocycles. The topological polar surface area (TPSA) is 129 Å². The lowest BCUT2D eigenvalue weighted by Gasteiger charge is -2.17. The van der Waals surface area contributed by atoms with Crippen molar-refractivity contribution in [2.75, 3.05) is 19.0 Å². The standard InChI is InChI=1S/C22H19Cl2F3N6O3S/c1-11(32-20(36)18-17(24)15(30-10-31-18)6-4-5-7-34)21(28-3)37-12(2)19(35)33-16-8-13(22(25,26)27)14(23)9-29-16/h8-11,34H,2,5,7H2,1,3H3,(H,32,36)(H,29,33,35). The average molecular weight is 575 g/mol. The Morgan fingerprint density at radius 1 is 1.30 bits per heavy atom. The van der Waals surface area contributed by atoms with Gasteiger partial charge >= 0.3 is 6.18 Å². The lowest BCUT2D eigenvalue weighted by atomic mass is 10.2. The number of nitrogens with one attached hydrogen (secondary N) is 2. The van der Waals surface area contributed by atoms with Crippen LogP contribution >= 0.6 is 35.0 Å². The van der Waals surface area contributed by atoms with Gasteiger partial charge in [-0.15, -0.1) is 0 Å². The Morgan fingerprint density at radius 2 is 2.00 bits per heavy atom. The molecule has 2 aromatic heterocycles. The van der Waals surface area contributed by atoms with Crippen molar-refractivity contribution in [3.8, 4) is 11.8 Å². The first-order valence-electron chi connectivity index (χ1n) is 10.2. The molecule has 2 rings (SSSR count). The average Bonchev–Trinajstić information content (AvgIpc) is 2.83. The van der Waals surface area contributed by atoms with Crippen LogP contribution in [0.3, 0.4) is 0 Å². The fraction of sp³-hybridized carbons (Fsp3) is 0.273. The molecule has 0 bridgehead atoms. The summed E-state index contributed by atoms with van der Waals surface area (Å²) in [5.41, 5.74) is -1.20. The maximum atomic E-state index is 13.0. The Labute approximate surface area is 224 Å². The summed E-state index contributed by atoms with van der Waals surface area (Å²) in [6.07, 6.45) is -2.66. The second kappa shape index (κ2) is 13.4. The van der Waals surface area contributed by atoms with E-state index in [1.165, 1.54) is 7.05 Å². The minimum absolute atomic E-state index is 0.0854. The maximum absolute atomic E-state index is 13.0. The van der Waals surface area contributed by atoms with Gasteiger partial charge in [0.2, 0.25) is 0 Å². The minimum atomic E-state index is -4.74. The van der Waals surface area contributed by atoms with Crippen LogP contribution in [0.4, 0.5) is 19.0 Å². The molecule has 2 amide bonds. The molecule has 0 saturated carbocycles. The molecule has 1 unspecified atom stereocenters. The summed E-state index contributed by atoms with van der Waals surface area (Å²) < 4.78 is 39.1. The number of rotatable bonds is 7. The number of alkyl halides is 3. The van der Waals surface area contributed by atoms with E-state index in [0.29, 0.717) is 6.07 Å². The van der Waals surface area contributed by atoms with Gasteiger partial charge in [-0.1, -0.05) is 47.5 Å². The molecule has 2 aromatic rings. The predicted molar refractivity (Wildman–Crippen MR) is 136 cm³/mol. The normalized spacial score (nSPS) is 12.3. The van der Waals surface area contributed by atoms with Gasteiger partial charge in [0.05, 0.1) is 33.2 Å². The highest BCUT2D eigenvalue weighted by molar-refractivity contribution is 8.18. The van der Waals surface area contributed by atoms with E-state index in [1.807, 2.05) is 0 Å². The van der Waals surface area contributed by atoms with Crippen LogP contribution in [0.2, 0.25) is 10.0 Å². The third kappa shape index (κ3) is 8.43. The molecule has 3 N–H and O–H groups in total. The van der Waals surface area contributed by atoms with Gasteiger partial charge in [-0.3, -0.25) is 14.6 Å². The van der Waals surface area contributed by atoms with Crippen LogP contribution < -0.4 is 10.6 Å². The molecule has 0 spiro atoms. The van der Waals surface area contributed by atoms with Gasteiger partial charge in [-0.25, -0.2) is 15.0 Å². The Morgan fingerprint density at radius 3 is 2.62 bits per heavy atom. The first-order valence-corrected chi connectivity index (χ1v) is 11.7. The third-order valence-electron chi connectivity index (χ3n) is 4.27. The summed E-state index contributed by atoms with van der Waals surface area (Å²) in [5.74, 6) is 3.40. The number of aliphatic hydroxyl groups is 1. The van der Waals surface area contributed by atoms with E-state index in [0.717, 1.165) is 24.3 Å². The molecule has 1 atom stereocenters. The van der Waals surface area contributed by atoms with Crippen molar-refractivity contribution in [3.05, 3.63) is 57.1 Å². The lowest BCUT2D eigenvalue weighted by molar-refractivity contribution is -0.137. The number of carbonyl (C=O) groups is 2. The Kier molecular flexibility index (Phi) is 10.9. The Bertz CT molecular complexity index is 1290. The molecule has 196 valence electrons. The van der Waals surface area contributed by atoms with E-state index in [-0.39, 0.29) is 45.2 Å². The second-order valence-electron chi connectivity index (χ2n) is 6.94. The van der Waals surface area contributed by atoms with Crippen LogP contribution in [-0.2, 0) is 11.0 Å². The number of aromatic nitrogens is 3. The molecular formula is C22H19Cl2F3N6O3S. The SMILES string of the molecule is C=C(SC(=NC)C(C)NC(=O)c1ncnc(C#CCCO)c1Cl)C(=O)Nc1cc(C(F)(F)F)c(Cl)cn1. The van der Waals surface area contributed by atoms with Gasteiger partial charge in [0.15, 0.2) is 5.69 Å². The van der Waals surface area contributed by atoms with Crippen molar-refractivity contribution in [2.45, 2.75) is 25.6 Å². The highest BCUT2D eigenvalue weighted by atomic mass is 35.5. The lowest BCUT2D eigenvalue weighted by Crippen LogP contribution is -2.38. The second-order valence-corrected chi connectivity index (χ2v) is 8.84. The number of hydrogen-bond donors (Lipinski definition) is 3. The molecule has 15 heteroatoms. The van der Waals surface area contributed by atoms with E-state index >= 15 is 0 Å². The quantitative estimate of drug-likeness (QED) is 0.197. The molecule has 2 heterocycles. The van der Waals surface area contributed by atoms with Crippen molar-refractivity contribution in [1.29, 1.82) is 0 Å². The summed E-state index contributed by atoms with van der Waals surface area (Å²) in [6, 6.07) is -0.142. The van der Waals surface area contributed by atoms with Crippen molar-refractivity contribution in [2.24, 2.45) is 4.99 Å². The van der Waals surface area contributed by atoms with E-state index in [1.54, 1.807) is 6.92 Å². The number of anilines is 1. The summed E-state index contributed by atoms with van der Waals surface area (Å²) in [6.45, 7) is 5.04. The van der Waals surface area contributed by atoms with Gasteiger partial charge in [0, 0.05) is 19.7 Å². The Hall–Kier alpha value is -3.18. The largest absolute Gasteiger partial charge is 0.418 e. The first-order chi connectivity index (χ1) is 17.4. The van der Waals surface area contributed by atoms with Gasteiger partial charge in [0.1, 0.15) is 22.9 Å². The number of halogens is 5. The number of amides is 2. The molecule has 0 radical (unpaired) electrons. The number of hydrogen-bond acceptors (Lipinski definition) is 8. The minimum Gasteiger partial charge on any atom is -0.395 e. The summed E-state index contributed by atoms with van der Waals surface area (Å²) in [5, 5.41) is 13.2. The molecule has 0 fully saturated rings. The van der Waals surface area contributed by atoms with Crippen LogP contribution in [-0.4, -0.2) is 56.6 Å². The molecule has 0 aliphatic rings. The van der Waals surface area contributed by atoms with E-state index in [4.69, 9.17) is 28.3 Å². The summed E-state index contributed by atoms with van der Waals surface area (Å²) in [7, 11) is 1.42. The van der Waals surface area contributed by atoms with Crippen molar-refractivity contribution < 1.29 is 27.9 Å². The molecule has 0 aromatic carbocycles. The van der Waals surface area contributed by atoms with Crippen LogP contribution in [0.25, 0.3) is 0 Å². The highest BCUT2D eigenvalue weighted by Gasteiger charge is 2.34. The van der Waals surface area contributed by atoms with Crippen LogP contribution in [0.15, 0.2) is 35.1 Å². The third-order valence-corrected chi connectivity index (χ3v) is 6.11. The van der Waals surface area contributed by atoms with Gasteiger partial charge in [-0.2, -0.15) is 13.2 Å². The number of aliphatic hydroxyl groups excluding tert-OH is 1. The van der Waals surface area contributed by atoms with Gasteiger partial charge in [0.25, 0.3) is 11.8 Å². The monoisotopic (exact) mass is 574 g/mol. The number of pyridine rings is 1. The first kappa shape index (κ1) is 30.0. The zero-order chi connectivity index (χ0) is 27.8. The zero-order valence-electron chi connectivity index (χ0n) is 19.3. The van der Waals surface area contributed by atoms with Crippen LogP contribution in [0, 0.1) is 11.8 Å². The molecule has 0 aliphatic carbocycles. The summed E-state index contributed by atoms with van der Waals surface area (Å²) >= 11 is 12.5. The Balaban J connectivity index is 2.08. The van der Waals surface area contributed by atoms with Crippen molar-refractivity contribution in [3.63, 3.8) is 0 Å². The number of nitrogens with zero attached hydrogens (tertiary/aromatic N) is 4. The van der Waals surface area contributed by atoms with Crippen LogP contribution in [0.5, 0.6) is 0 Å². The van der Waals surface area contributed by atoms with E-state index in [9.17, 15) is 22.8 Å². The number of carbonyl (C=O) groups excluding carboxylic acids is 2. The van der Waals surface area contributed by atoms with Crippen molar-refractivity contribution in [1.82, 2.24) is 20.3 Å². The van der Waals surface area contributed by atoms with Gasteiger partial charge < -0.3 is 15.7 Å². The van der Waals surface area contributed by atoms with E-state index in [2.05, 4.69) is 49.0 Å². The molecule has 37 heavy (non-hydrogen) atoms. The molecule has 9 nitrogen and oxygen atoms in total.